The summed E-state index contributed by atoms with van der Waals surface area (Å²) in [5.74, 6) is 0.191. The fourth-order valence-electron chi connectivity index (χ4n) is 3.91. The van der Waals surface area contributed by atoms with E-state index in [2.05, 4.69) is 31.9 Å². The van der Waals surface area contributed by atoms with Crippen LogP contribution in [-0.4, -0.2) is 41.0 Å². The van der Waals surface area contributed by atoms with Crippen LogP contribution in [0.15, 0.2) is 41.1 Å². The van der Waals surface area contributed by atoms with E-state index < -0.39 is 0 Å². The average Bonchev–Trinajstić information content (AvgIpc) is 3.23. The van der Waals surface area contributed by atoms with Crippen LogP contribution in [0.4, 0.5) is 0 Å². The van der Waals surface area contributed by atoms with Gasteiger partial charge in [0.15, 0.2) is 0 Å². The summed E-state index contributed by atoms with van der Waals surface area (Å²) in [5.41, 5.74) is 2.21. The zero-order chi connectivity index (χ0) is 17.3. The first kappa shape index (κ1) is 17.0. The minimum Gasteiger partial charge on any atom is -0.342 e. The molecule has 0 aliphatic carbocycles. The van der Waals surface area contributed by atoms with Crippen LogP contribution in [-0.2, 0) is 17.9 Å². The van der Waals surface area contributed by atoms with Crippen molar-refractivity contribution in [3.05, 3.63) is 57.2 Å². The van der Waals surface area contributed by atoms with Gasteiger partial charge in [-0.3, -0.25) is 14.6 Å². The van der Waals surface area contributed by atoms with Gasteiger partial charge in [0.05, 0.1) is 6.67 Å². The Morgan fingerprint density at radius 2 is 1.84 bits per heavy atom. The molecule has 0 radical (unpaired) electrons. The number of nitrogens with one attached hydrogen (secondary N) is 1. The molecule has 25 heavy (non-hydrogen) atoms. The summed E-state index contributed by atoms with van der Waals surface area (Å²) in [7, 11) is 0. The minimum atomic E-state index is -0.356. The molecule has 0 saturated carbocycles. The van der Waals surface area contributed by atoms with Crippen LogP contribution in [0.5, 0.6) is 0 Å². The highest BCUT2D eigenvalue weighted by molar-refractivity contribution is 7.07. The highest BCUT2D eigenvalue weighted by atomic mass is 35.5. The van der Waals surface area contributed by atoms with Crippen LogP contribution in [0.25, 0.3) is 0 Å². The molecule has 2 fully saturated rings. The first-order valence-corrected chi connectivity index (χ1v) is 9.99. The molecular formula is C19H22ClN3OS. The molecule has 1 N–H and O–H groups in total. The van der Waals surface area contributed by atoms with E-state index in [1.807, 2.05) is 24.3 Å². The van der Waals surface area contributed by atoms with Crippen LogP contribution >= 0.6 is 22.9 Å². The number of carbonyl (C=O) groups is 1. The zero-order valence-electron chi connectivity index (χ0n) is 14.1. The van der Waals surface area contributed by atoms with E-state index in [-0.39, 0.29) is 11.4 Å². The Bertz CT molecular complexity index is 724. The molecule has 1 aromatic heterocycles. The van der Waals surface area contributed by atoms with Crippen LogP contribution < -0.4 is 5.32 Å². The summed E-state index contributed by atoms with van der Waals surface area (Å²) in [6.45, 7) is 4.31. The summed E-state index contributed by atoms with van der Waals surface area (Å²) in [6.07, 6.45) is 1.77. The van der Waals surface area contributed by atoms with Crippen LogP contribution in [0.3, 0.4) is 0 Å². The van der Waals surface area contributed by atoms with Crippen molar-refractivity contribution in [3.63, 3.8) is 0 Å². The Kier molecular flexibility index (Phi) is 4.82. The fraction of sp³-hybridized carbons (Fsp3) is 0.421. The molecule has 1 aromatic carbocycles. The molecule has 2 saturated heterocycles. The van der Waals surface area contributed by atoms with Gasteiger partial charge < -0.3 is 5.32 Å². The molecule has 1 spiro atoms. The summed E-state index contributed by atoms with van der Waals surface area (Å²) in [5, 5.41) is 8.14. The average molecular weight is 376 g/mol. The van der Waals surface area contributed by atoms with Gasteiger partial charge in [-0.1, -0.05) is 23.7 Å². The van der Waals surface area contributed by atoms with Gasteiger partial charge in [-0.2, -0.15) is 11.3 Å². The number of likely N-dealkylation sites (tertiary alicyclic amines) is 1. The van der Waals surface area contributed by atoms with E-state index in [1.165, 1.54) is 11.1 Å². The van der Waals surface area contributed by atoms with Crippen LogP contribution in [0.1, 0.15) is 24.0 Å². The second-order valence-corrected chi connectivity index (χ2v) is 8.14. The molecular weight excluding hydrogens is 354 g/mol. The number of amides is 1. The van der Waals surface area contributed by atoms with E-state index in [9.17, 15) is 4.79 Å². The number of hydrogen-bond acceptors (Lipinski definition) is 4. The SMILES string of the molecule is O=C1NCN(Cc2ccc(Cl)cc2)C12CCN(Cc1ccsc1)CC2. The van der Waals surface area contributed by atoms with Gasteiger partial charge >= 0.3 is 0 Å². The van der Waals surface area contributed by atoms with Crippen LogP contribution in [0, 0.1) is 0 Å². The molecule has 2 aliphatic heterocycles. The van der Waals surface area contributed by atoms with Gasteiger partial charge in [0.25, 0.3) is 0 Å². The van der Waals surface area contributed by atoms with Crippen molar-refractivity contribution >= 4 is 28.8 Å². The Balaban J connectivity index is 1.43. The molecule has 0 unspecified atom stereocenters. The fourth-order valence-corrected chi connectivity index (χ4v) is 4.70. The normalized spacial score (nSPS) is 20.9. The molecule has 132 valence electrons. The Labute approximate surface area is 157 Å². The predicted octanol–water partition coefficient (Wildman–Crippen LogP) is 3.33. The quantitative estimate of drug-likeness (QED) is 0.890. The van der Waals surface area contributed by atoms with Gasteiger partial charge in [-0.05, 0) is 52.9 Å². The minimum absolute atomic E-state index is 0.191. The topological polar surface area (TPSA) is 35.6 Å². The number of benzene rings is 1. The third-order valence-electron chi connectivity index (χ3n) is 5.41. The van der Waals surface area contributed by atoms with E-state index in [0.29, 0.717) is 6.67 Å². The second kappa shape index (κ2) is 7.08. The Hall–Kier alpha value is -1.40. The molecule has 1 amide bonds. The van der Waals surface area contributed by atoms with Gasteiger partial charge in [0.2, 0.25) is 5.91 Å². The van der Waals surface area contributed by atoms with Gasteiger partial charge in [0.1, 0.15) is 5.54 Å². The van der Waals surface area contributed by atoms with Crippen molar-refractivity contribution in [2.45, 2.75) is 31.5 Å². The maximum Gasteiger partial charge on any atom is 0.241 e. The standard InChI is InChI=1S/C19H22ClN3OS/c20-17-3-1-15(2-4-17)12-23-14-21-18(24)19(23)6-8-22(9-7-19)11-16-5-10-25-13-16/h1-5,10,13H,6-9,11-12,14H2,(H,21,24). The number of thiophene rings is 1. The summed E-state index contributed by atoms with van der Waals surface area (Å²) >= 11 is 7.72. The first-order chi connectivity index (χ1) is 12.2. The number of halogens is 1. The molecule has 4 rings (SSSR count). The highest BCUT2D eigenvalue weighted by Gasteiger charge is 2.49. The molecule has 0 bridgehead atoms. The van der Waals surface area contributed by atoms with E-state index in [1.54, 1.807) is 11.3 Å². The van der Waals surface area contributed by atoms with Gasteiger partial charge in [-0.25, -0.2) is 0 Å². The molecule has 2 aromatic rings. The number of piperidine rings is 1. The second-order valence-electron chi connectivity index (χ2n) is 6.93. The lowest BCUT2D eigenvalue weighted by Gasteiger charge is -2.42. The Morgan fingerprint density at radius 1 is 1.08 bits per heavy atom. The van der Waals surface area contributed by atoms with Crippen molar-refractivity contribution < 1.29 is 4.79 Å². The molecule has 6 heteroatoms. The third-order valence-corrected chi connectivity index (χ3v) is 6.40. The smallest absolute Gasteiger partial charge is 0.241 e. The van der Waals surface area contributed by atoms with Crippen molar-refractivity contribution in [2.24, 2.45) is 0 Å². The summed E-state index contributed by atoms with van der Waals surface area (Å²) in [4.78, 5) is 17.4. The number of rotatable bonds is 4. The molecule has 3 heterocycles. The van der Waals surface area contributed by atoms with Crippen molar-refractivity contribution in [1.29, 1.82) is 0 Å². The predicted molar refractivity (Wildman–Crippen MR) is 102 cm³/mol. The lowest BCUT2D eigenvalue weighted by molar-refractivity contribution is -0.129. The highest BCUT2D eigenvalue weighted by Crippen LogP contribution is 2.34. The number of hydrogen-bond donors (Lipinski definition) is 1. The maximum absolute atomic E-state index is 12.6. The zero-order valence-corrected chi connectivity index (χ0v) is 15.7. The monoisotopic (exact) mass is 375 g/mol. The lowest BCUT2D eigenvalue weighted by atomic mass is 9.85. The Morgan fingerprint density at radius 3 is 2.52 bits per heavy atom. The summed E-state index contributed by atoms with van der Waals surface area (Å²) < 4.78 is 0. The molecule has 4 nitrogen and oxygen atoms in total. The van der Waals surface area contributed by atoms with Crippen molar-refractivity contribution in [1.82, 2.24) is 15.1 Å². The van der Waals surface area contributed by atoms with Crippen LogP contribution in [0.2, 0.25) is 5.02 Å². The number of carbonyl (C=O) groups excluding carboxylic acids is 1. The summed E-state index contributed by atoms with van der Waals surface area (Å²) in [6, 6.07) is 10.1. The van der Waals surface area contributed by atoms with E-state index in [0.717, 1.165) is 44.0 Å². The first-order valence-electron chi connectivity index (χ1n) is 8.67. The van der Waals surface area contributed by atoms with Gasteiger partial charge in [0, 0.05) is 31.2 Å². The largest absolute Gasteiger partial charge is 0.342 e. The molecule has 0 atom stereocenters. The number of nitrogens with zero attached hydrogens (tertiary/aromatic N) is 2. The maximum atomic E-state index is 12.6. The van der Waals surface area contributed by atoms with Gasteiger partial charge in [-0.15, -0.1) is 0 Å². The lowest BCUT2D eigenvalue weighted by Crippen LogP contribution is -2.55. The third kappa shape index (κ3) is 3.47. The van der Waals surface area contributed by atoms with E-state index in [4.69, 9.17) is 11.6 Å². The van der Waals surface area contributed by atoms with Crippen molar-refractivity contribution in [2.75, 3.05) is 19.8 Å². The van der Waals surface area contributed by atoms with E-state index >= 15 is 0 Å². The molecule has 2 aliphatic rings. The van der Waals surface area contributed by atoms with Crippen molar-refractivity contribution in [3.8, 4) is 0 Å².